The highest BCUT2D eigenvalue weighted by Crippen LogP contribution is 2.13. The average Bonchev–Trinajstić information content (AvgIpc) is 2.81. The van der Waals surface area contributed by atoms with Gasteiger partial charge in [0, 0.05) is 6.42 Å². The molecule has 7 N–H and O–H groups in total. The second kappa shape index (κ2) is 26.9. The summed E-state index contributed by atoms with van der Waals surface area (Å²) in [6.45, 7) is 4.36. The topological polar surface area (TPSA) is 156 Å². The first-order chi connectivity index (χ1) is 16.8. The Kier molecular flexibility index (Phi) is 27.3. The fourth-order valence-corrected chi connectivity index (χ4v) is 3.66. The summed E-state index contributed by atoms with van der Waals surface area (Å²) in [4.78, 5) is 32.3. The van der Waals surface area contributed by atoms with Gasteiger partial charge < -0.3 is 27.0 Å². The number of carbonyl (C=O) groups is 3. The molecule has 0 bridgehead atoms. The normalized spacial score (nSPS) is 12.3. The zero-order valence-electron chi connectivity index (χ0n) is 22.6. The van der Waals surface area contributed by atoms with Gasteiger partial charge in [-0.1, -0.05) is 103 Å². The van der Waals surface area contributed by atoms with Crippen LogP contribution >= 0.6 is 0 Å². The van der Waals surface area contributed by atoms with E-state index in [0.717, 1.165) is 25.7 Å². The molecular formula is C27H55N3O5. The fourth-order valence-electron chi connectivity index (χ4n) is 3.66. The number of unbranched alkanes of at least 4 members (excludes halogenated alkanes) is 15. The zero-order chi connectivity index (χ0) is 26.7. The van der Waals surface area contributed by atoms with Crippen molar-refractivity contribution in [3.8, 4) is 0 Å². The Morgan fingerprint density at radius 1 is 0.686 bits per heavy atom. The van der Waals surface area contributed by atoms with Gasteiger partial charge in [0.25, 0.3) is 0 Å². The maximum atomic E-state index is 11.5. The quantitative estimate of drug-likeness (QED) is 0.118. The van der Waals surface area contributed by atoms with Gasteiger partial charge in [0.15, 0.2) is 0 Å². The Morgan fingerprint density at radius 3 is 1.49 bits per heavy atom. The van der Waals surface area contributed by atoms with E-state index in [0.29, 0.717) is 19.4 Å². The van der Waals surface area contributed by atoms with E-state index in [1.54, 1.807) is 0 Å². The van der Waals surface area contributed by atoms with Crippen molar-refractivity contribution < 1.29 is 24.6 Å². The number of carboxylic acids is 2. The fraction of sp³-hybridized carbons (Fsp3) is 0.889. The van der Waals surface area contributed by atoms with Gasteiger partial charge >= 0.3 is 11.9 Å². The molecule has 0 saturated heterocycles. The van der Waals surface area contributed by atoms with Crippen LogP contribution in [0.1, 0.15) is 136 Å². The van der Waals surface area contributed by atoms with Gasteiger partial charge in [-0.15, -0.1) is 0 Å². The Bertz CT molecular complexity index is 517. The highest BCUT2D eigenvalue weighted by molar-refractivity contribution is 5.83. The maximum Gasteiger partial charge on any atom is 0.325 e. The molecule has 8 nitrogen and oxygen atoms in total. The molecule has 1 unspecified atom stereocenters. The minimum atomic E-state index is -0.982. The summed E-state index contributed by atoms with van der Waals surface area (Å²) >= 11 is 0. The minimum Gasteiger partial charge on any atom is -0.480 e. The number of carboxylic acid groups (broad SMARTS) is 2. The molecule has 0 fully saturated rings. The highest BCUT2D eigenvalue weighted by Gasteiger charge is 2.13. The minimum absolute atomic E-state index is 0.149. The smallest absolute Gasteiger partial charge is 0.325 e. The number of nitrogens with one attached hydrogen (secondary N) is 1. The van der Waals surface area contributed by atoms with Crippen LogP contribution in [0.15, 0.2) is 0 Å². The summed E-state index contributed by atoms with van der Waals surface area (Å²) < 4.78 is 0. The Balaban J connectivity index is 0. The summed E-state index contributed by atoms with van der Waals surface area (Å²) in [5, 5.41) is 19.5. The lowest BCUT2D eigenvalue weighted by Gasteiger charge is -2.08. The van der Waals surface area contributed by atoms with Gasteiger partial charge in [-0.2, -0.15) is 0 Å². The third-order valence-corrected chi connectivity index (χ3v) is 6.04. The third-order valence-electron chi connectivity index (χ3n) is 6.04. The van der Waals surface area contributed by atoms with Crippen molar-refractivity contribution in [1.82, 2.24) is 5.32 Å². The molecule has 35 heavy (non-hydrogen) atoms. The average molecular weight is 502 g/mol. The van der Waals surface area contributed by atoms with E-state index < -0.39 is 24.0 Å². The molecule has 208 valence electrons. The molecular weight excluding hydrogens is 446 g/mol. The van der Waals surface area contributed by atoms with Gasteiger partial charge in [-0.3, -0.25) is 14.4 Å². The van der Waals surface area contributed by atoms with Crippen LogP contribution in [0.5, 0.6) is 0 Å². The molecule has 8 heteroatoms. The lowest BCUT2D eigenvalue weighted by molar-refractivity contribution is -0.141. The number of aliphatic carboxylic acids is 2. The Hall–Kier alpha value is -1.67. The number of hydrogen-bond acceptors (Lipinski definition) is 5. The summed E-state index contributed by atoms with van der Waals surface area (Å²) in [7, 11) is 0. The molecule has 0 saturated carbocycles. The molecule has 0 aromatic carbocycles. The number of nitrogens with two attached hydrogens (primary N) is 2. The predicted molar refractivity (Wildman–Crippen MR) is 143 cm³/mol. The Labute approximate surface area is 214 Å². The number of carbonyl (C=O) groups excluding carboxylic acids is 1. The second-order valence-electron chi connectivity index (χ2n) is 9.56. The summed E-state index contributed by atoms with van der Waals surface area (Å²) in [6.07, 6.45) is 22.1. The first-order valence-electron chi connectivity index (χ1n) is 14.0. The van der Waals surface area contributed by atoms with Crippen LogP contribution in [0.3, 0.4) is 0 Å². The van der Waals surface area contributed by atoms with Crippen LogP contribution in [0.4, 0.5) is 0 Å². The highest BCUT2D eigenvalue weighted by atomic mass is 16.4. The van der Waals surface area contributed by atoms with Crippen molar-refractivity contribution in [3.05, 3.63) is 0 Å². The monoisotopic (exact) mass is 501 g/mol. The van der Waals surface area contributed by atoms with E-state index in [2.05, 4.69) is 12.2 Å². The Morgan fingerprint density at radius 2 is 1.11 bits per heavy atom. The number of amides is 1. The summed E-state index contributed by atoms with van der Waals surface area (Å²) in [6, 6.07) is -1.50. The number of rotatable bonds is 23. The van der Waals surface area contributed by atoms with Crippen molar-refractivity contribution >= 4 is 17.8 Å². The van der Waals surface area contributed by atoms with Crippen LogP contribution in [0, 0.1) is 0 Å². The standard InChI is InChI=1S/C21H41NO3.C6H14N2O2/c1-3-4-5-6-7-8-9-10-11-12-13-14-15-16-17-18-20(23)22-19(2)21(24)25;7-4-2-1-3-5(8)6(9)10/h19H,3-18H2,1-2H3,(H,22,23)(H,24,25);5H,1-4,7-8H2,(H,9,10)/t19-;/m0./s1. The molecule has 0 aromatic rings. The molecule has 0 aromatic heterocycles. The molecule has 0 rings (SSSR count). The van der Waals surface area contributed by atoms with E-state index in [1.165, 1.54) is 90.4 Å². The molecule has 0 radical (unpaired) electrons. The number of hydrogen-bond donors (Lipinski definition) is 5. The summed E-state index contributed by atoms with van der Waals surface area (Å²) in [5.41, 5.74) is 10.4. The van der Waals surface area contributed by atoms with E-state index in [4.69, 9.17) is 21.7 Å². The molecule has 0 aliphatic carbocycles. The molecule has 0 aliphatic rings. The van der Waals surface area contributed by atoms with E-state index in [-0.39, 0.29) is 5.91 Å². The molecule has 0 heterocycles. The van der Waals surface area contributed by atoms with Crippen molar-refractivity contribution in [3.63, 3.8) is 0 Å². The van der Waals surface area contributed by atoms with Gasteiger partial charge in [0.2, 0.25) is 5.91 Å². The second-order valence-corrected chi connectivity index (χ2v) is 9.56. The van der Waals surface area contributed by atoms with Crippen LogP contribution in [-0.2, 0) is 14.4 Å². The van der Waals surface area contributed by atoms with Crippen molar-refractivity contribution in [2.24, 2.45) is 11.5 Å². The first-order valence-corrected chi connectivity index (χ1v) is 14.0. The van der Waals surface area contributed by atoms with Crippen LogP contribution in [0.2, 0.25) is 0 Å². The molecule has 1 amide bonds. The van der Waals surface area contributed by atoms with Crippen molar-refractivity contribution in [2.45, 2.75) is 148 Å². The maximum absolute atomic E-state index is 11.5. The van der Waals surface area contributed by atoms with E-state index in [9.17, 15) is 14.4 Å². The van der Waals surface area contributed by atoms with Gasteiger partial charge in [-0.25, -0.2) is 0 Å². The van der Waals surface area contributed by atoms with Gasteiger partial charge in [-0.05, 0) is 32.7 Å². The van der Waals surface area contributed by atoms with Crippen molar-refractivity contribution in [1.29, 1.82) is 0 Å². The predicted octanol–water partition coefficient (Wildman–Crippen LogP) is 5.36. The molecule has 0 aliphatic heterocycles. The molecule has 0 spiro atoms. The van der Waals surface area contributed by atoms with Gasteiger partial charge in [0.05, 0.1) is 0 Å². The van der Waals surface area contributed by atoms with Crippen molar-refractivity contribution in [2.75, 3.05) is 6.54 Å². The zero-order valence-corrected chi connectivity index (χ0v) is 22.6. The van der Waals surface area contributed by atoms with Crippen LogP contribution < -0.4 is 16.8 Å². The largest absolute Gasteiger partial charge is 0.480 e. The lowest BCUT2D eigenvalue weighted by Crippen LogP contribution is -2.38. The van der Waals surface area contributed by atoms with Gasteiger partial charge in [0.1, 0.15) is 12.1 Å². The first kappa shape index (κ1) is 35.5. The van der Waals surface area contributed by atoms with E-state index >= 15 is 0 Å². The molecule has 2 atom stereocenters. The third kappa shape index (κ3) is 28.5. The van der Waals surface area contributed by atoms with Crippen LogP contribution in [0.25, 0.3) is 0 Å². The summed E-state index contributed by atoms with van der Waals surface area (Å²) in [5.74, 6) is -2.06. The van der Waals surface area contributed by atoms with Crippen LogP contribution in [-0.4, -0.2) is 46.7 Å². The SMILES string of the molecule is CCCCCCCCCCCCCCCCCC(=O)N[C@@H](C)C(=O)O.NCCCCC(N)C(=O)O. The lowest BCUT2D eigenvalue weighted by atomic mass is 10.0. The van der Waals surface area contributed by atoms with E-state index in [1.807, 2.05) is 0 Å².